The summed E-state index contributed by atoms with van der Waals surface area (Å²) in [6.45, 7) is 4.83. The van der Waals surface area contributed by atoms with Crippen molar-refractivity contribution in [2.24, 2.45) is 4.99 Å². The highest BCUT2D eigenvalue weighted by atomic mass is 15.4. The van der Waals surface area contributed by atoms with E-state index in [1.165, 1.54) is 5.56 Å². The average Bonchev–Trinajstić information content (AvgIpc) is 2.70. The fourth-order valence-electron chi connectivity index (χ4n) is 3.16. The zero-order valence-corrected chi connectivity index (χ0v) is 14.9. The Bertz CT molecular complexity index is 648. The molecule has 5 nitrogen and oxygen atoms in total. The lowest BCUT2D eigenvalue weighted by atomic mass is 10.1. The molecule has 0 amide bonds. The molecule has 0 bridgehead atoms. The minimum absolute atomic E-state index is 0.946. The van der Waals surface area contributed by atoms with Crippen molar-refractivity contribution in [2.75, 3.05) is 44.7 Å². The summed E-state index contributed by atoms with van der Waals surface area (Å²) in [5, 5.41) is 3.51. The molecule has 5 heteroatoms. The number of anilines is 1. The molecule has 1 N–H and O–H groups in total. The second-order valence-electron chi connectivity index (χ2n) is 6.23. The first-order valence-corrected chi connectivity index (χ1v) is 9.02. The monoisotopic (exact) mass is 337 g/mol. The maximum atomic E-state index is 4.45. The van der Waals surface area contributed by atoms with E-state index in [9.17, 15) is 0 Å². The van der Waals surface area contributed by atoms with Gasteiger partial charge >= 0.3 is 0 Å². The van der Waals surface area contributed by atoms with Gasteiger partial charge in [-0.15, -0.1) is 0 Å². The summed E-state index contributed by atoms with van der Waals surface area (Å²) < 4.78 is 0. The van der Waals surface area contributed by atoms with Crippen LogP contribution in [0.4, 0.5) is 5.82 Å². The molecule has 1 saturated heterocycles. The van der Waals surface area contributed by atoms with Crippen LogP contribution in [-0.2, 0) is 6.42 Å². The minimum atomic E-state index is 0.946. The number of hydrogen-bond acceptors (Lipinski definition) is 3. The highest BCUT2D eigenvalue weighted by Crippen LogP contribution is 2.12. The van der Waals surface area contributed by atoms with Crippen LogP contribution < -0.4 is 10.2 Å². The highest BCUT2D eigenvalue weighted by molar-refractivity contribution is 5.80. The van der Waals surface area contributed by atoms with Crippen molar-refractivity contribution in [3.63, 3.8) is 0 Å². The average molecular weight is 337 g/mol. The number of guanidine groups is 1. The Labute approximate surface area is 150 Å². The number of aliphatic imine (C=N–C) groups is 1. The smallest absolute Gasteiger partial charge is 0.193 e. The second kappa shape index (κ2) is 9.06. The predicted octanol–water partition coefficient (Wildman–Crippen LogP) is 2.41. The van der Waals surface area contributed by atoms with Gasteiger partial charge in [0.25, 0.3) is 0 Å². The van der Waals surface area contributed by atoms with Gasteiger partial charge in [-0.3, -0.25) is 4.99 Å². The summed E-state index contributed by atoms with van der Waals surface area (Å²) in [5.74, 6) is 2.07. The highest BCUT2D eigenvalue weighted by Gasteiger charge is 2.20. The van der Waals surface area contributed by atoms with Crippen LogP contribution in [0.15, 0.2) is 59.7 Å². The molecule has 1 fully saturated rings. The fraction of sp³-hybridized carbons (Fsp3) is 0.400. The van der Waals surface area contributed by atoms with E-state index < -0.39 is 0 Å². The molecular formula is C20H27N5. The van der Waals surface area contributed by atoms with Crippen molar-refractivity contribution < 1.29 is 0 Å². The van der Waals surface area contributed by atoms with Crippen molar-refractivity contribution >= 4 is 11.8 Å². The largest absolute Gasteiger partial charge is 0.356 e. The number of aryl methyl sites for hydroxylation is 1. The first-order valence-electron chi connectivity index (χ1n) is 9.02. The molecule has 1 aliphatic heterocycles. The van der Waals surface area contributed by atoms with Crippen LogP contribution in [0.1, 0.15) is 12.0 Å². The van der Waals surface area contributed by atoms with Gasteiger partial charge in [0, 0.05) is 46.0 Å². The maximum Gasteiger partial charge on any atom is 0.193 e. The summed E-state index contributed by atoms with van der Waals surface area (Å²) in [5.41, 5.74) is 1.39. The van der Waals surface area contributed by atoms with Crippen LogP contribution >= 0.6 is 0 Å². The van der Waals surface area contributed by atoms with Gasteiger partial charge in [-0.2, -0.15) is 0 Å². The summed E-state index contributed by atoms with van der Waals surface area (Å²) >= 11 is 0. The van der Waals surface area contributed by atoms with Crippen LogP contribution in [0.25, 0.3) is 0 Å². The van der Waals surface area contributed by atoms with E-state index in [0.717, 1.165) is 57.3 Å². The van der Waals surface area contributed by atoms with Crippen LogP contribution in [0.2, 0.25) is 0 Å². The Morgan fingerprint density at radius 3 is 2.48 bits per heavy atom. The van der Waals surface area contributed by atoms with Crippen molar-refractivity contribution in [1.29, 1.82) is 0 Å². The molecule has 0 unspecified atom stereocenters. The molecular weight excluding hydrogens is 310 g/mol. The van der Waals surface area contributed by atoms with Crippen LogP contribution in [0.5, 0.6) is 0 Å². The summed E-state index contributed by atoms with van der Waals surface area (Å²) in [6.07, 6.45) is 4.06. The number of nitrogens with one attached hydrogen (secondary N) is 1. The van der Waals surface area contributed by atoms with Gasteiger partial charge in [-0.25, -0.2) is 4.98 Å². The number of rotatable bonds is 5. The Morgan fingerprint density at radius 1 is 1.04 bits per heavy atom. The van der Waals surface area contributed by atoms with E-state index in [1.807, 2.05) is 25.4 Å². The first kappa shape index (κ1) is 17.3. The molecule has 1 aliphatic rings. The minimum Gasteiger partial charge on any atom is -0.356 e. The first-order chi connectivity index (χ1) is 12.4. The van der Waals surface area contributed by atoms with Crippen LogP contribution in [0, 0.1) is 0 Å². The molecule has 2 aromatic rings. The quantitative estimate of drug-likeness (QED) is 0.517. The molecule has 0 atom stereocenters. The molecule has 0 spiro atoms. The fourth-order valence-corrected chi connectivity index (χ4v) is 3.16. The third kappa shape index (κ3) is 4.95. The zero-order valence-electron chi connectivity index (χ0n) is 14.9. The number of pyridine rings is 1. The standard InChI is InChI=1S/C20H27N5/c1-21-20(23-13-7-10-18-8-3-2-4-9-18)25-16-14-24(15-17-25)19-11-5-6-12-22-19/h2-6,8-9,11-12H,7,10,13-17H2,1H3,(H,21,23). The van der Waals surface area contributed by atoms with Gasteiger partial charge < -0.3 is 15.1 Å². The molecule has 2 heterocycles. The van der Waals surface area contributed by atoms with E-state index in [2.05, 4.69) is 61.5 Å². The Morgan fingerprint density at radius 2 is 1.80 bits per heavy atom. The third-order valence-electron chi connectivity index (χ3n) is 4.53. The number of nitrogens with zero attached hydrogens (tertiary/aromatic N) is 4. The summed E-state index contributed by atoms with van der Waals surface area (Å²) in [6, 6.07) is 16.7. The molecule has 3 rings (SSSR count). The van der Waals surface area contributed by atoms with Gasteiger partial charge in [0.1, 0.15) is 5.82 Å². The Kier molecular flexibility index (Phi) is 6.26. The second-order valence-corrected chi connectivity index (χ2v) is 6.23. The maximum absolute atomic E-state index is 4.45. The topological polar surface area (TPSA) is 43.8 Å². The van der Waals surface area contributed by atoms with Crippen molar-refractivity contribution in [3.05, 3.63) is 60.3 Å². The van der Waals surface area contributed by atoms with Crippen molar-refractivity contribution in [3.8, 4) is 0 Å². The lowest BCUT2D eigenvalue weighted by molar-refractivity contribution is 0.371. The number of aromatic nitrogens is 1. The van der Waals surface area contributed by atoms with Gasteiger partial charge in [0.15, 0.2) is 5.96 Å². The molecule has 0 aliphatic carbocycles. The molecule has 1 aromatic carbocycles. The van der Waals surface area contributed by atoms with Crippen LogP contribution in [0.3, 0.4) is 0 Å². The van der Waals surface area contributed by atoms with Crippen molar-refractivity contribution in [1.82, 2.24) is 15.2 Å². The predicted molar refractivity (Wildman–Crippen MR) is 104 cm³/mol. The summed E-state index contributed by atoms with van der Waals surface area (Å²) in [4.78, 5) is 13.6. The van der Waals surface area contributed by atoms with Gasteiger partial charge in [0.05, 0.1) is 0 Å². The van der Waals surface area contributed by atoms with E-state index in [-0.39, 0.29) is 0 Å². The lowest BCUT2D eigenvalue weighted by Crippen LogP contribution is -2.52. The van der Waals surface area contributed by atoms with Gasteiger partial charge in [-0.1, -0.05) is 36.4 Å². The molecule has 25 heavy (non-hydrogen) atoms. The molecule has 0 radical (unpaired) electrons. The Balaban J connectivity index is 1.42. The van der Waals surface area contributed by atoms with Gasteiger partial charge in [0.2, 0.25) is 0 Å². The number of benzene rings is 1. The van der Waals surface area contributed by atoms with Crippen LogP contribution in [-0.4, -0.2) is 55.6 Å². The van der Waals surface area contributed by atoms with E-state index in [1.54, 1.807) is 0 Å². The number of hydrogen-bond donors (Lipinski definition) is 1. The summed E-state index contributed by atoms with van der Waals surface area (Å²) in [7, 11) is 1.87. The van der Waals surface area contributed by atoms with E-state index in [4.69, 9.17) is 0 Å². The molecule has 0 saturated carbocycles. The normalized spacial score (nSPS) is 15.3. The van der Waals surface area contributed by atoms with Gasteiger partial charge in [-0.05, 0) is 30.5 Å². The van der Waals surface area contributed by atoms with E-state index in [0.29, 0.717) is 0 Å². The number of piperazine rings is 1. The molecule has 1 aromatic heterocycles. The third-order valence-corrected chi connectivity index (χ3v) is 4.53. The van der Waals surface area contributed by atoms with E-state index >= 15 is 0 Å². The Hall–Kier alpha value is -2.56. The van der Waals surface area contributed by atoms with Crippen molar-refractivity contribution in [2.45, 2.75) is 12.8 Å². The molecule has 132 valence electrons. The lowest BCUT2D eigenvalue weighted by Gasteiger charge is -2.37. The zero-order chi connectivity index (χ0) is 17.3. The SMILES string of the molecule is CN=C(NCCCc1ccccc1)N1CCN(c2ccccn2)CC1.